The number of aromatic nitrogens is 2. The summed E-state index contributed by atoms with van der Waals surface area (Å²) in [5, 5.41) is 0.946. The van der Waals surface area contributed by atoms with Gasteiger partial charge in [-0.15, -0.1) is 0 Å². The van der Waals surface area contributed by atoms with Crippen molar-refractivity contribution < 1.29 is 0 Å². The second kappa shape index (κ2) is 3.63. The summed E-state index contributed by atoms with van der Waals surface area (Å²) in [6, 6.07) is 0.0949. The molecule has 1 rings (SSSR count). The Labute approximate surface area is 64.5 Å². The van der Waals surface area contributed by atoms with Crippen molar-refractivity contribution in [1.82, 2.24) is 9.36 Å². The van der Waals surface area contributed by atoms with Gasteiger partial charge in [0.2, 0.25) is 0 Å². The van der Waals surface area contributed by atoms with Crippen LogP contribution in [0.25, 0.3) is 0 Å². The molecule has 0 bridgehead atoms. The van der Waals surface area contributed by atoms with Gasteiger partial charge < -0.3 is 5.73 Å². The average molecular weight is 157 g/mol. The largest absolute Gasteiger partial charge is 0.322 e. The van der Waals surface area contributed by atoms with Crippen molar-refractivity contribution in [2.75, 3.05) is 0 Å². The SMILES string of the molecule is CCCC(N)c1ncns1. The molecule has 1 unspecified atom stereocenters. The third-order valence-corrected chi connectivity index (χ3v) is 2.09. The van der Waals surface area contributed by atoms with Gasteiger partial charge in [-0.3, -0.25) is 0 Å². The predicted octanol–water partition coefficient (Wildman–Crippen LogP) is 1.34. The number of nitrogens with zero attached hydrogens (tertiary/aromatic N) is 2. The Balaban J connectivity index is 2.50. The quantitative estimate of drug-likeness (QED) is 0.720. The summed E-state index contributed by atoms with van der Waals surface area (Å²) in [5.74, 6) is 0. The molecule has 0 amide bonds. The summed E-state index contributed by atoms with van der Waals surface area (Å²) in [7, 11) is 0. The summed E-state index contributed by atoms with van der Waals surface area (Å²) in [6.45, 7) is 2.11. The van der Waals surface area contributed by atoms with E-state index in [-0.39, 0.29) is 6.04 Å². The molecule has 1 aromatic heterocycles. The zero-order valence-corrected chi connectivity index (χ0v) is 6.77. The summed E-state index contributed by atoms with van der Waals surface area (Å²) >= 11 is 1.38. The van der Waals surface area contributed by atoms with Gasteiger partial charge in [-0.1, -0.05) is 13.3 Å². The minimum atomic E-state index is 0.0949. The van der Waals surface area contributed by atoms with Crippen LogP contribution in [0.2, 0.25) is 0 Å². The molecule has 0 aliphatic carbocycles. The highest BCUT2D eigenvalue weighted by Crippen LogP contribution is 2.14. The molecule has 0 aromatic carbocycles. The molecule has 0 aliphatic heterocycles. The lowest BCUT2D eigenvalue weighted by Gasteiger charge is -2.03. The van der Waals surface area contributed by atoms with Crippen LogP contribution in [-0.2, 0) is 0 Å². The smallest absolute Gasteiger partial charge is 0.130 e. The van der Waals surface area contributed by atoms with E-state index in [0.717, 1.165) is 17.8 Å². The predicted molar refractivity (Wildman–Crippen MR) is 41.7 cm³/mol. The number of nitrogens with two attached hydrogens (primary N) is 1. The fourth-order valence-electron chi connectivity index (χ4n) is 0.780. The van der Waals surface area contributed by atoms with E-state index in [1.54, 1.807) is 6.33 Å². The summed E-state index contributed by atoms with van der Waals surface area (Å²) in [4.78, 5) is 4.02. The van der Waals surface area contributed by atoms with Gasteiger partial charge >= 0.3 is 0 Å². The summed E-state index contributed by atoms with van der Waals surface area (Å²) in [5.41, 5.74) is 5.76. The molecule has 0 saturated carbocycles. The second-order valence-corrected chi connectivity index (χ2v) is 2.99. The van der Waals surface area contributed by atoms with Gasteiger partial charge in [0, 0.05) is 0 Å². The maximum absolute atomic E-state index is 5.76. The Morgan fingerprint density at radius 3 is 3.10 bits per heavy atom. The topological polar surface area (TPSA) is 51.8 Å². The first-order valence-electron chi connectivity index (χ1n) is 3.36. The van der Waals surface area contributed by atoms with Gasteiger partial charge in [0.05, 0.1) is 6.04 Å². The van der Waals surface area contributed by atoms with Crippen molar-refractivity contribution in [1.29, 1.82) is 0 Å². The standard InChI is InChI=1S/C6H11N3S/c1-2-3-5(7)6-8-4-9-10-6/h4-5H,2-3,7H2,1H3. The molecule has 0 aliphatic rings. The first kappa shape index (κ1) is 7.63. The van der Waals surface area contributed by atoms with Crippen molar-refractivity contribution >= 4 is 11.5 Å². The third kappa shape index (κ3) is 1.75. The lowest BCUT2D eigenvalue weighted by Crippen LogP contribution is -2.08. The van der Waals surface area contributed by atoms with Crippen LogP contribution in [-0.4, -0.2) is 9.36 Å². The van der Waals surface area contributed by atoms with Crippen LogP contribution in [0.15, 0.2) is 6.33 Å². The molecule has 0 saturated heterocycles. The van der Waals surface area contributed by atoms with Crippen molar-refractivity contribution in [3.8, 4) is 0 Å². The van der Waals surface area contributed by atoms with Crippen molar-refractivity contribution in [2.24, 2.45) is 5.73 Å². The minimum absolute atomic E-state index is 0.0949. The Kier molecular flexibility index (Phi) is 2.77. The highest BCUT2D eigenvalue weighted by atomic mass is 32.1. The molecule has 1 aromatic rings. The maximum Gasteiger partial charge on any atom is 0.130 e. The number of hydrogen-bond donors (Lipinski definition) is 1. The van der Waals surface area contributed by atoms with Gasteiger partial charge in [-0.25, -0.2) is 4.98 Å². The van der Waals surface area contributed by atoms with E-state index in [1.807, 2.05) is 0 Å². The molecular formula is C6H11N3S. The van der Waals surface area contributed by atoms with Gasteiger partial charge in [0.25, 0.3) is 0 Å². The summed E-state index contributed by atoms with van der Waals surface area (Å²) in [6.07, 6.45) is 3.64. The fourth-order valence-corrected chi connectivity index (χ4v) is 1.33. The van der Waals surface area contributed by atoms with Gasteiger partial charge in [-0.05, 0) is 18.0 Å². The van der Waals surface area contributed by atoms with Gasteiger partial charge in [-0.2, -0.15) is 4.37 Å². The second-order valence-electron chi connectivity index (χ2n) is 2.17. The molecule has 0 spiro atoms. The van der Waals surface area contributed by atoms with E-state index < -0.39 is 0 Å². The molecule has 2 N–H and O–H groups in total. The van der Waals surface area contributed by atoms with Gasteiger partial charge in [0.1, 0.15) is 11.3 Å². The number of rotatable bonds is 3. The first-order chi connectivity index (χ1) is 4.84. The molecule has 0 radical (unpaired) electrons. The molecule has 0 fully saturated rings. The average Bonchev–Trinajstić information content (AvgIpc) is 2.38. The highest BCUT2D eigenvalue weighted by Gasteiger charge is 2.06. The van der Waals surface area contributed by atoms with Crippen LogP contribution in [0, 0.1) is 0 Å². The maximum atomic E-state index is 5.76. The number of hydrogen-bond acceptors (Lipinski definition) is 4. The summed E-state index contributed by atoms with van der Waals surface area (Å²) < 4.78 is 3.88. The van der Waals surface area contributed by atoms with Gasteiger partial charge in [0.15, 0.2) is 0 Å². The van der Waals surface area contributed by atoms with E-state index in [1.165, 1.54) is 11.5 Å². The van der Waals surface area contributed by atoms with E-state index in [0.29, 0.717) is 0 Å². The highest BCUT2D eigenvalue weighted by molar-refractivity contribution is 7.05. The van der Waals surface area contributed by atoms with Crippen LogP contribution < -0.4 is 5.73 Å². The molecule has 1 atom stereocenters. The monoisotopic (exact) mass is 157 g/mol. The van der Waals surface area contributed by atoms with Crippen LogP contribution in [0.1, 0.15) is 30.8 Å². The van der Waals surface area contributed by atoms with Crippen molar-refractivity contribution in [2.45, 2.75) is 25.8 Å². The fraction of sp³-hybridized carbons (Fsp3) is 0.667. The Hall–Kier alpha value is -0.480. The van der Waals surface area contributed by atoms with E-state index in [2.05, 4.69) is 16.3 Å². The van der Waals surface area contributed by atoms with E-state index in [9.17, 15) is 0 Å². The molecular weight excluding hydrogens is 146 g/mol. The van der Waals surface area contributed by atoms with E-state index in [4.69, 9.17) is 5.73 Å². The van der Waals surface area contributed by atoms with Crippen LogP contribution in [0.5, 0.6) is 0 Å². The first-order valence-corrected chi connectivity index (χ1v) is 4.14. The van der Waals surface area contributed by atoms with Crippen LogP contribution in [0.4, 0.5) is 0 Å². The normalized spacial score (nSPS) is 13.4. The zero-order valence-electron chi connectivity index (χ0n) is 5.95. The van der Waals surface area contributed by atoms with E-state index >= 15 is 0 Å². The molecule has 56 valence electrons. The zero-order chi connectivity index (χ0) is 7.40. The van der Waals surface area contributed by atoms with Crippen LogP contribution in [0.3, 0.4) is 0 Å². The Bertz CT molecular complexity index is 173. The lowest BCUT2D eigenvalue weighted by atomic mass is 10.2. The minimum Gasteiger partial charge on any atom is -0.322 e. The molecule has 10 heavy (non-hydrogen) atoms. The van der Waals surface area contributed by atoms with Crippen molar-refractivity contribution in [3.05, 3.63) is 11.3 Å². The third-order valence-electron chi connectivity index (χ3n) is 1.30. The molecule has 1 heterocycles. The van der Waals surface area contributed by atoms with Crippen molar-refractivity contribution in [3.63, 3.8) is 0 Å². The lowest BCUT2D eigenvalue weighted by molar-refractivity contribution is 0.634. The Morgan fingerprint density at radius 2 is 2.60 bits per heavy atom. The van der Waals surface area contributed by atoms with Crippen LogP contribution >= 0.6 is 11.5 Å². The Morgan fingerprint density at radius 1 is 1.80 bits per heavy atom. The molecule has 4 heteroatoms. The molecule has 3 nitrogen and oxygen atoms in total.